The van der Waals surface area contributed by atoms with Gasteiger partial charge in [0.1, 0.15) is 11.5 Å². The fourth-order valence-corrected chi connectivity index (χ4v) is 4.13. The summed E-state index contributed by atoms with van der Waals surface area (Å²) in [4.78, 5) is 40.5. The van der Waals surface area contributed by atoms with Crippen LogP contribution in [0.15, 0.2) is 42.0 Å². The molecule has 10 heteroatoms. The Morgan fingerprint density at radius 3 is 2.47 bits per heavy atom. The summed E-state index contributed by atoms with van der Waals surface area (Å²) in [6.07, 6.45) is 1.28. The number of nitro benzene ring substituents is 1. The predicted octanol–water partition coefficient (Wildman–Crippen LogP) is 3.64. The second kappa shape index (κ2) is 7.56. The van der Waals surface area contributed by atoms with E-state index in [-0.39, 0.29) is 40.5 Å². The zero-order valence-electron chi connectivity index (χ0n) is 15.9. The number of thiazole rings is 1. The van der Waals surface area contributed by atoms with E-state index in [4.69, 9.17) is 9.47 Å². The first kappa shape index (κ1) is 19.5. The van der Waals surface area contributed by atoms with Crippen molar-refractivity contribution in [3.63, 3.8) is 0 Å². The average molecular weight is 425 g/mol. The lowest BCUT2D eigenvalue weighted by Crippen LogP contribution is -2.23. The number of fused-ring (bicyclic) bond motifs is 2. The van der Waals surface area contributed by atoms with Crippen LogP contribution in [0.2, 0.25) is 0 Å². The van der Waals surface area contributed by atoms with Crippen LogP contribution in [0.25, 0.3) is 10.2 Å². The molecule has 0 unspecified atom stereocenters. The molecule has 0 fully saturated rings. The molecule has 1 aromatic heterocycles. The van der Waals surface area contributed by atoms with Crippen LogP contribution in [-0.2, 0) is 0 Å². The topological polar surface area (TPSA) is 121 Å². The van der Waals surface area contributed by atoms with E-state index in [2.05, 4.69) is 10.3 Å². The second-order valence-electron chi connectivity index (χ2n) is 6.36. The number of non-ortho nitro benzene ring substituents is 1. The number of Topliss-reactive ketones (excluding diaryl/α,β-unsaturated/α-hetero) is 1. The Hall–Kier alpha value is -3.79. The summed E-state index contributed by atoms with van der Waals surface area (Å²) in [5, 5.41) is 14.4. The number of ether oxygens (including phenoxy) is 2. The number of benzene rings is 2. The van der Waals surface area contributed by atoms with Gasteiger partial charge in [0.05, 0.1) is 40.5 Å². The van der Waals surface area contributed by atoms with Crippen molar-refractivity contribution in [2.75, 3.05) is 26.1 Å². The maximum Gasteiger partial charge on any atom is 0.270 e. The number of carbonyl (C=O) groups is 2. The summed E-state index contributed by atoms with van der Waals surface area (Å²) in [5.74, 6) is -0.0936. The predicted molar refractivity (Wildman–Crippen MR) is 111 cm³/mol. The van der Waals surface area contributed by atoms with Gasteiger partial charge in [0.2, 0.25) is 0 Å². The highest BCUT2D eigenvalue weighted by Crippen LogP contribution is 2.36. The summed E-state index contributed by atoms with van der Waals surface area (Å²) in [5.41, 5.74) is 1.18. The van der Waals surface area contributed by atoms with E-state index < -0.39 is 4.92 Å². The lowest BCUT2D eigenvalue weighted by molar-refractivity contribution is -0.384. The molecule has 4 rings (SSSR count). The van der Waals surface area contributed by atoms with Crippen molar-refractivity contribution >= 4 is 43.9 Å². The van der Waals surface area contributed by atoms with Crippen LogP contribution in [0.3, 0.4) is 0 Å². The Morgan fingerprint density at radius 2 is 1.80 bits per heavy atom. The quantitative estimate of drug-likeness (QED) is 0.469. The summed E-state index contributed by atoms with van der Waals surface area (Å²) < 4.78 is 11.1. The number of nitrogens with zero attached hydrogens (tertiary/aromatic N) is 2. The molecule has 1 N–H and O–H groups in total. The number of hydrogen-bond acceptors (Lipinski definition) is 9. The van der Waals surface area contributed by atoms with Gasteiger partial charge in [-0.1, -0.05) is 11.3 Å². The summed E-state index contributed by atoms with van der Waals surface area (Å²) in [6, 6.07) is 7.56. The molecule has 0 amide bonds. The highest BCUT2D eigenvalue weighted by molar-refractivity contribution is 7.22. The third-order valence-electron chi connectivity index (χ3n) is 4.65. The van der Waals surface area contributed by atoms with E-state index in [9.17, 15) is 19.7 Å². The number of methoxy groups -OCH3 is 2. The molecule has 30 heavy (non-hydrogen) atoms. The molecule has 0 saturated carbocycles. The number of nitrogens with one attached hydrogen (secondary N) is 1. The van der Waals surface area contributed by atoms with E-state index in [0.29, 0.717) is 26.8 Å². The molecule has 9 nitrogen and oxygen atoms in total. The van der Waals surface area contributed by atoms with Crippen LogP contribution in [0.5, 0.6) is 11.5 Å². The molecule has 152 valence electrons. The summed E-state index contributed by atoms with van der Waals surface area (Å²) in [7, 11) is 2.86. The largest absolute Gasteiger partial charge is 0.496 e. The van der Waals surface area contributed by atoms with Gasteiger partial charge in [-0.2, -0.15) is 0 Å². The first-order valence-corrected chi connectivity index (χ1v) is 9.58. The highest BCUT2D eigenvalue weighted by atomic mass is 32.1. The number of aromatic nitrogens is 1. The molecule has 1 heterocycles. The fraction of sp³-hybridized carbons (Fsp3) is 0.150. The van der Waals surface area contributed by atoms with E-state index >= 15 is 0 Å². The Labute approximate surface area is 174 Å². The Bertz CT molecular complexity index is 1250. The lowest BCUT2D eigenvalue weighted by Gasteiger charge is -2.20. The number of rotatable bonds is 6. The SMILES string of the molecule is COc1ccc(OC)c2c1C(=O)C=C(CNc1nc3ccc([N+](=O)[O-])cc3s1)C2=O. The van der Waals surface area contributed by atoms with Crippen molar-refractivity contribution in [1.29, 1.82) is 0 Å². The number of hydrogen-bond donors (Lipinski definition) is 1. The summed E-state index contributed by atoms with van der Waals surface area (Å²) in [6.45, 7) is 0.0618. The number of carbonyl (C=O) groups excluding carboxylic acids is 2. The van der Waals surface area contributed by atoms with Crippen LogP contribution >= 0.6 is 11.3 Å². The van der Waals surface area contributed by atoms with Crippen molar-refractivity contribution in [2.45, 2.75) is 0 Å². The monoisotopic (exact) mass is 425 g/mol. The Morgan fingerprint density at radius 1 is 1.10 bits per heavy atom. The van der Waals surface area contributed by atoms with Crippen molar-refractivity contribution in [3.8, 4) is 11.5 Å². The van der Waals surface area contributed by atoms with Crippen molar-refractivity contribution in [3.05, 3.63) is 63.2 Å². The van der Waals surface area contributed by atoms with E-state index in [1.54, 1.807) is 18.2 Å². The van der Waals surface area contributed by atoms with Gasteiger partial charge in [0.15, 0.2) is 16.7 Å². The third kappa shape index (κ3) is 3.26. The third-order valence-corrected chi connectivity index (χ3v) is 5.63. The van der Waals surface area contributed by atoms with Crippen LogP contribution in [-0.4, -0.2) is 42.2 Å². The average Bonchev–Trinajstić information content (AvgIpc) is 3.16. The Kier molecular flexibility index (Phi) is 4.92. The van der Waals surface area contributed by atoms with Gasteiger partial charge in [-0.05, 0) is 24.3 Å². The minimum Gasteiger partial charge on any atom is -0.496 e. The first-order chi connectivity index (χ1) is 14.4. The molecule has 0 spiro atoms. The van der Waals surface area contributed by atoms with Crippen LogP contribution < -0.4 is 14.8 Å². The van der Waals surface area contributed by atoms with Gasteiger partial charge in [-0.25, -0.2) is 4.98 Å². The molecule has 3 aromatic rings. The Balaban J connectivity index is 1.61. The maximum absolute atomic E-state index is 13.0. The molecule has 0 radical (unpaired) electrons. The van der Waals surface area contributed by atoms with Crippen LogP contribution in [0.1, 0.15) is 20.7 Å². The minimum atomic E-state index is -0.470. The first-order valence-electron chi connectivity index (χ1n) is 8.76. The van der Waals surface area contributed by atoms with Gasteiger partial charge in [0, 0.05) is 24.3 Å². The highest BCUT2D eigenvalue weighted by Gasteiger charge is 2.31. The molecule has 0 saturated heterocycles. The molecule has 1 aliphatic carbocycles. The smallest absolute Gasteiger partial charge is 0.270 e. The van der Waals surface area contributed by atoms with Gasteiger partial charge in [-0.15, -0.1) is 0 Å². The maximum atomic E-state index is 13.0. The summed E-state index contributed by atoms with van der Waals surface area (Å²) >= 11 is 1.22. The number of allylic oxidation sites excluding steroid dienone is 1. The number of anilines is 1. The van der Waals surface area contributed by atoms with Crippen molar-refractivity contribution < 1.29 is 24.0 Å². The normalized spacial score (nSPS) is 13.1. The molecular weight excluding hydrogens is 410 g/mol. The van der Waals surface area contributed by atoms with Gasteiger partial charge < -0.3 is 14.8 Å². The van der Waals surface area contributed by atoms with Crippen LogP contribution in [0.4, 0.5) is 10.8 Å². The molecule has 0 aliphatic heterocycles. The second-order valence-corrected chi connectivity index (χ2v) is 7.40. The van der Waals surface area contributed by atoms with Gasteiger partial charge >= 0.3 is 0 Å². The molecule has 0 bridgehead atoms. The molecule has 0 atom stereocenters. The van der Waals surface area contributed by atoms with Gasteiger partial charge in [-0.3, -0.25) is 19.7 Å². The zero-order valence-corrected chi connectivity index (χ0v) is 16.7. The molecule has 2 aromatic carbocycles. The van der Waals surface area contributed by atoms with Crippen molar-refractivity contribution in [2.24, 2.45) is 0 Å². The van der Waals surface area contributed by atoms with Gasteiger partial charge in [0.25, 0.3) is 5.69 Å². The number of nitro groups is 1. The number of ketones is 2. The molecular formula is C20H15N3O6S. The fourth-order valence-electron chi connectivity index (χ4n) is 3.24. The van der Waals surface area contributed by atoms with E-state index in [1.807, 2.05) is 0 Å². The standard InChI is InChI=1S/C20H15N3O6S/c1-28-14-5-6-15(29-2)18-17(14)13(24)7-10(19(18)25)9-21-20-22-12-4-3-11(23(26)27)8-16(12)30-20/h3-8H,9H2,1-2H3,(H,21,22). The minimum absolute atomic E-state index is 0.0221. The van der Waals surface area contributed by atoms with E-state index in [1.165, 1.54) is 43.8 Å². The zero-order chi connectivity index (χ0) is 21.4. The van der Waals surface area contributed by atoms with E-state index in [0.717, 1.165) is 0 Å². The van der Waals surface area contributed by atoms with Crippen molar-refractivity contribution in [1.82, 2.24) is 4.98 Å². The van der Waals surface area contributed by atoms with Crippen LogP contribution in [0, 0.1) is 10.1 Å². The molecule has 1 aliphatic rings. The lowest BCUT2D eigenvalue weighted by atomic mass is 9.88.